The van der Waals surface area contributed by atoms with Gasteiger partial charge in [0.2, 0.25) is 0 Å². The van der Waals surface area contributed by atoms with Gasteiger partial charge < -0.3 is 19.7 Å². The monoisotopic (exact) mass is 394 g/mol. The average molecular weight is 395 g/mol. The van der Waals surface area contributed by atoms with E-state index < -0.39 is 6.10 Å². The quantitative estimate of drug-likeness (QED) is 0.856. The molecule has 1 N–H and O–H groups in total. The molecule has 1 heterocycles. The number of carbonyl (C=O) groups is 2. The molecular weight excluding hydrogens is 379 g/mol. The van der Waals surface area contributed by atoms with Gasteiger partial charge in [-0.3, -0.25) is 9.59 Å². The summed E-state index contributed by atoms with van der Waals surface area (Å²) in [6, 6.07) is 9.83. The maximum Gasteiger partial charge on any atom is 0.267 e. The van der Waals surface area contributed by atoms with Gasteiger partial charge in [-0.1, -0.05) is 23.2 Å². The summed E-state index contributed by atoms with van der Waals surface area (Å²) in [6.07, 6.45) is -0.537. The van der Waals surface area contributed by atoms with E-state index in [1.54, 1.807) is 44.3 Å². The summed E-state index contributed by atoms with van der Waals surface area (Å²) in [5.41, 5.74) is 1.12. The van der Waals surface area contributed by atoms with Gasteiger partial charge in [0.25, 0.3) is 11.8 Å². The van der Waals surface area contributed by atoms with Crippen LogP contribution in [0.1, 0.15) is 6.92 Å². The number of likely N-dealkylation sites (N-methyl/N-ethyl adjacent to an activating group) is 1. The molecule has 0 saturated heterocycles. The number of nitrogens with one attached hydrogen (secondary N) is 1. The molecule has 1 aliphatic rings. The number of rotatable bonds is 4. The number of carbonyl (C=O) groups excluding carboxylic acids is 2. The summed E-state index contributed by atoms with van der Waals surface area (Å²) in [7, 11) is 1.66. The molecule has 0 aliphatic carbocycles. The van der Waals surface area contributed by atoms with Gasteiger partial charge in [-0.25, -0.2) is 0 Å². The van der Waals surface area contributed by atoms with E-state index in [2.05, 4.69) is 5.32 Å². The Labute approximate surface area is 160 Å². The van der Waals surface area contributed by atoms with Crippen LogP contribution in [-0.2, 0) is 9.59 Å². The molecule has 8 heteroatoms. The topological polar surface area (TPSA) is 67.9 Å². The molecule has 0 fully saturated rings. The highest BCUT2D eigenvalue weighted by molar-refractivity contribution is 6.35. The second-order valence-corrected chi connectivity index (χ2v) is 6.60. The number of ether oxygens (including phenoxy) is 2. The number of benzene rings is 2. The Morgan fingerprint density at radius 2 is 2.04 bits per heavy atom. The van der Waals surface area contributed by atoms with Crippen LogP contribution in [0.15, 0.2) is 36.4 Å². The predicted molar refractivity (Wildman–Crippen MR) is 101 cm³/mol. The zero-order valence-electron chi connectivity index (χ0n) is 14.1. The van der Waals surface area contributed by atoms with Crippen LogP contribution in [0.25, 0.3) is 0 Å². The van der Waals surface area contributed by atoms with Crippen molar-refractivity contribution in [3.63, 3.8) is 0 Å². The number of hydrogen-bond donors (Lipinski definition) is 1. The molecule has 0 aromatic heterocycles. The van der Waals surface area contributed by atoms with Crippen LogP contribution >= 0.6 is 23.2 Å². The average Bonchev–Trinajstić information content (AvgIpc) is 2.60. The number of nitrogens with zero attached hydrogens (tertiary/aromatic N) is 1. The van der Waals surface area contributed by atoms with Gasteiger partial charge in [0.1, 0.15) is 11.5 Å². The van der Waals surface area contributed by atoms with Gasteiger partial charge in [0.15, 0.2) is 12.7 Å². The van der Waals surface area contributed by atoms with Gasteiger partial charge in [0, 0.05) is 17.8 Å². The predicted octanol–water partition coefficient (Wildman–Crippen LogP) is 3.75. The van der Waals surface area contributed by atoms with Gasteiger partial charge >= 0.3 is 0 Å². The lowest BCUT2D eigenvalue weighted by atomic mass is 10.2. The Morgan fingerprint density at radius 3 is 2.77 bits per heavy atom. The number of anilines is 2. The molecule has 6 nitrogen and oxygen atoms in total. The van der Waals surface area contributed by atoms with Crippen molar-refractivity contribution in [2.45, 2.75) is 13.0 Å². The third kappa shape index (κ3) is 3.86. The van der Waals surface area contributed by atoms with E-state index >= 15 is 0 Å². The first kappa shape index (κ1) is 18.4. The number of fused-ring (bicyclic) bond motifs is 1. The van der Waals surface area contributed by atoms with Crippen LogP contribution in [0.4, 0.5) is 11.4 Å². The van der Waals surface area contributed by atoms with Crippen LogP contribution in [0.2, 0.25) is 10.0 Å². The van der Waals surface area contributed by atoms with Crippen molar-refractivity contribution in [1.29, 1.82) is 0 Å². The summed E-state index contributed by atoms with van der Waals surface area (Å²) in [6.45, 7) is 1.47. The summed E-state index contributed by atoms with van der Waals surface area (Å²) >= 11 is 11.8. The molecule has 3 rings (SSSR count). The maximum absolute atomic E-state index is 12.1. The van der Waals surface area contributed by atoms with Crippen LogP contribution < -0.4 is 19.7 Å². The molecule has 2 amide bonds. The van der Waals surface area contributed by atoms with Crippen molar-refractivity contribution in [3.8, 4) is 11.5 Å². The van der Waals surface area contributed by atoms with E-state index in [1.165, 1.54) is 11.0 Å². The Kier molecular flexibility index (Phi) is 5.25. The molecule has 1 atom stereocenters. The zero-order valence-corrected chi connectivity index (χ0v) is 15.6. The van der Waals surface area contributed by atoms with E-state index in [0.29, 0.717) is 32.9 Å². The van der Waals surface area contributed by atoms with E-state index in [1.807, 2.05) is 0 Å². The van der Waals surface area contributed by atoms with Gasteiger partial charge in [-0.15, -0.1) is 0 Å². The van der Waals surface area contributed by atoms with Crippen LogP contribution in [0.5, 0.6) is 11.5 Å². The SMILES string of the molecule is CC1Oc2ccc(NC(=O)COc3ccc(Cl)cc3Cl)cc2N(C)C1=O. The second kappa shape index (κ2) is 7.43. The molecule has 26 heavy (non-hydrogen) atoms. The molecular formula is C18H16Cl2N2O4. The molecule has 2 aromatic rings. The highest BCUT2D eigenvalue weighted by Gasteiger charge is 2.29. The molecule has 0 radical (unpaired) electrons. The summed E-state index contributed by atoms with van der Waals surface area (Å²) in [5, 5.41) is 3.52. The summed E-state index contributed by atoms with van der Waals surface area (Å²) in [5.74, 6) is 0.433. The first-order valence-corrected chi connectivity index (χ1v) is 8.56. The van der Waals surface area contributed by atoms with Crippen molar-refractivity contribution < 1.29 is 19.1 Å². The Morgan fingerprint density at radius 1 is 1.27 bits per heavy atom. The van der Waals surface area contributed by atoms with Gasteiger partial charge in [0.05, 0.1) is 10.7 Å². The standard InChI is InChI=1S/C18H16Cl2N2O4/c1-10-18(24)22(2)14-8-12(4-6-16(14)26-10)21-17(23)9-25-15-5-3-11(19)7-13(15)20/h3-8,10H,9H2,1-2H3,(H,21,23). The largest absolute Gasteiger partial charge is 0.482 e. The summed E-state index contributed by atoms with van der Waals surface area (Å²) in [4.78, 5) is 25.6. The molecule has 136 valence electrons. The Balaban J connectivity index is 1.66. The van der Waals surface area contributed by atoms with Crippen LogP contribution in [0.3, 0.4) is 0 Å². The Hall–Kier alpha value is -2.44. The van der Waals surface area contributed by atoms with Gasteiger partial charge in [-0.05, 0) is 43.3 Å². The minimum atomic E-state index is -0.537. The fourth-order valence-electron chi connectivity index (χ4n) is 2.52. The molecule has 1 unspecified atom stereocenters. The second-order valence-electron chi connectivity index (χ2n) is 5.75. The minimum absolute atomic E-state index is 0.151. The summed E-state index contributed by atoms with van der Waals surface area (Å²) < 4.78 is 10.9. The lowest BCUT2D eigenvalue weighted by Crippen LogP contribution is -2.42. The number of amides is 2. The van der Waals surface area contributed by atoms with Crippen molar-refractivity contribution in [2.75, 3.05) is 23.9 Å². The van der Waals surface area contributed by atoms with Crippen LogP contribution in [0, 0.1) is 0 Å². The molecule has 2 aromatic carbocycles. The van der Waals surface area contributed by atoms with E-state index in [0.717, 1.165) is 0 Å². The normalized spacial score (nSPS) is 15.9. The Bertz CT molecular complexity index is 872. The first-order valence-electron chi connectivity index (χ1n) is 7.81. The third-order valence-electron chi connectivity index (χ3n) is 3.84. The number of halogens is 2. The smallest absolute Gasteiger partial charge is 0.267 e. The molecule has 0 spiro atoms. The minimum Gasteiger partial charge on any atom is -0.482 e. The highest BCUT2D eigenvalue weighted by Crippen LogP contribution is 2.35. The van der Waals surface area contributed by atoms with Crippen molar-refractivity contribution in [2.24, 2.45) is 0 Å². The highest BCUT2D eigenvalue weighted by atomic mass is 35.5. The van der Waals surface area contributed by atoms with Crippen LogP contribution in [-0.4, -0.2) is 31.6 Å². The van der Waals surface area contributed by atoms with E-state index in [4.69, 9.17) is 32.7 Å². The third-order valence-corrected chi connectivity index (χ3v) is 4.37. The van der Waals surface area contributed by atoms with Gasteiger partial charge in [-0.2, -0.15) is 0 Å². The van der Waals surface area contributed by atoms with Crippen molar-refractivity contribution in [3.05, 3.63) is 46.4 Å². The number of hydrogen-bond acceptors (Lipinski definition) is 4. The molecule has 0 bridgehead atoms. The first-order chi connectivity index (χ1) is 12.3. The van der Waals surface area contributed by atoms with E-state index in [9.17, 15) is 9.59 Å². The zero-order chi connectivity index (χ0) is 18.8. The van der Waals surface area contributed by atoms with E-state index in [-0.39, 0.29) is 18.4 Å². The maximum atomic E-state index is 12.1. The fraction of sp³-hybridized carbons (Fsp3) is 0.222. The molecule has 1 aliphatic heterocycles. The van der Waals surface area contributed by atoms with Crippen molar-refractivity contribution >= 4 is 46.4 Å². The lowest BCUT2D eigenvalue weighted by Gasteiger charge is -2.30. The van der Waals surface area contributed by atoms with Crippen molar-refractivity contribution in [1.82, 2.24) is 0 Å². The fourth-order valence-corrected chi connectivity index (χ4v) is 2.98. The lowest BCUT2D eigenvalue weighted by molar-refractivity contribution is -0.125. The molecule has 0 saturated carbocycles.